The van der Waals surface area contributed by atoms with Crippen molar-refractivity contribution in [1.82, 2.24) is 20.0 Å². The minimum Gasteiger partial charge on any atom is -0.380 e. The fraction of sp³-hybridized carbons (Fsp3) is 0.375. The number of para-hydroxylation sites is 1. The van der Waals surface area contributed by atoms with Crippen molar-refractivity contribution in [2.24, 2.45) is 5.92 Å². The van der Waals surface area contributed by atoms with Crippen LogP contribution in [0.15, 0.2) is 84.0 Å². The van der Waals surface area contributed by atoms with E-state index in [9.17, 15) is 13.2 Å². The van der Waals surface area contributed by atoms with Crippen molar-refractivity contribution in [1.29, 1.82) is 0 Å². The normalized spacial score (nSPS) is 16.7. The molecule has 8 nitrogen and oxygen atoms in total. The Morgan fingerprint density at radius 1 is 1.02 bits per heavy atom. The lowest BCUT2D eigenvalue weighted by Gasteiger charge is -2.35. The zero-order valence-corrected chi connectivity index (χ0v) is 24.4. The van der Waals surface area contributed by atoms with Gasteiger partial charge in [-0.05, 0) is 61.1 Å². The summed E-state index contributed by atoms with van der Waals surface area (Å²) in [5, 5.41) is 4.20. The first-order chi connectivity index (χ1) is 19.8. The fourth-order valence-electron chi connectivity index (χ4n) is 5.97. The molecule has 0 saturated heterocycles. The van der Waals surface area contributed by atoms with Crippen molar-refractivity contribution >= 4 is 26.8 Å². The first kappa shape index (κ1) is 29.0. The quantitative estimate of drug-likeness (QED) is 0.221. The van der Waals surface area contributed by atoms with E-state index in [4.69, 9.17) is 4.74 Å². The van der Waals surface area contributed by atoms with Gasteiger partial charge in [-0.1, -0.05) is 61.7 Å². The monoisotopic (exact) mass is 574 g/mol. The summed E-state index contributed by atoms with van der Waals surface area (Å²) in [5.74, 6) is -0.171. The van der Waals surface area contributed by atoms with Crippen LogP contribution in [-0.4, -0.2) is 36.9 Å². The Labute approximate surface area is 242 Å². The van der Waals surface area contributed by atoms with Gasteiger partial charge in [0.1, 0.15) is 5.54 Å². The molecule has 41 heavy (non-hydrogen) atoms. The van der Waals surface area contributed by atoms with Gasteiger partial charge in [0.15, 0.2) is 0 Å². The molecule has 0 bridgehead atoms. The van der Waals surface area contributed by atoms with Crippen LogP contribution in [0.3, 0.4) is 0 Å². The average molecular weight is 575 g/mol. The first-order valence-corrected chi connectivity index (χ1v) is 15.7. The molecule has 3 N–H and O–H groups in total. The van der Waals surface area contributed by atoms with Crippen molar-refractivity contribution < 1.29 is 17.9 Å². The maximum absolute atomic E-state index is 14.4. The first-order valence-electron chi connectivity index (χ1n) is 14.2. The molecule has 2 atom stereocenters. The van der Waals surface area contributed by atoms with Gasteiger partial charge in [0.25, 0.3) is 0 Å². The summed E-state index contributed by atoms with van der Waals surface area (Å²) in [5.41, 5.74) is 1.57. The second kappa shape index (κ2) is 12.5. The molecular formula is C32H38N4O4S. The standard InChI is InChI=1S/C32H38N4O4S/c1-32(20-25-21-34-27-16-8-7-15-26(25)27,36-41(38,39)29-18-9-6-14-24(29)22-40-2)31(37)35-30(23-12-4-3-5-13-23)28-17-10-11-19-33-28/h6-11,14-19,21,23,30,34,36H,3-5,12-13,20,22H2,1-2H3,(H,35,37). The number of carbonyl (C=O) groups excluding carboxylic acids is 1. The number of aromatic amines is 1. The lowest BCUT2D eigenvalue weighted by molar-refractivity contribution is -0.127. The summed E-state index contributed by atoms with van der Waals surface area (Å²) < 4.78 is 35.9. The van der Waals surface area contributed by atoms with Crippen LogP contribution in [0.1, 0.15) is 61.9 Å². The van der Waals surface area contributed by atoms with E-state index in [1.807, 2.05) is 48.7 Å². The molecule has 0 spiro atoms. The Bertz CT molecular complexity index is 1580. The van der Waals surface area contributed by atoms with Gasteiger partial charge in [0.05, 0.1) is 23.2 Å². The van der Waals surface area contributed by atoms with E-state index >= 15 is 0 Å². The highest BCUT2D eigenvalue weighted by atomic mass is 32.2. The van der Waals surface area contributed by atoms with E-state index in [0.717, 1.165) is 47.8 Å². The van der Waals surface area contributed by atoms with Crippen molar-refractivity contribution in [3.8, 4) is 0 Å². The van der Waals surface area contributed by atoms with E-state index in [-0.39, 0.29) is 29.9 Å². The molecule has 5 rings (SSSR count). The van der Waals surface area contributed by atoms with Gasteiger partial charge in [0.2, 0.25) is 15.9 Å². The summed E-state index contributed by atoms with van der Waals surface area (Å²) in [6.45, 7) is 1.79. The predicted octanol–water partition coefficient (Wildman–Crippen LogP) is 5.43. The number of amides is 1. The number of hydrogen-bond donors (Lipinski definition) is 3. The maximum atomic E-state index is 14.4. The second-order valence-corrected chi connectivity index (χ2v) is 12.8. The third kappa shape index (κ3) is 6.53. The molecule has 1 amide bonds. The molecular weight excluding hydrogens is 536 g/mol. The molecule has 1 aliphatic rings. The SMILES string of the molecule is COCc1ccccc1S(=O)(=O)NC(C)(Cc1c[nH]c2ccccc12)C(=O)NC(c1ccccn1)C1CCCCC1. The van der Waals surface area contributed by atoms with Crippen LogP contribution in [0.25, 0.3) is 10.9 Å². The zero-order chi connectivity index (χ0) is 28.9. The van der Waals surface area contributed by atoms with Crippen molar-refractivity contribution in [2.45, 2.75) is 68.5 Å². The number of rotatable bonds is 11. The third-order valence-electron chi connectivity index (χ3n) is 8.06. The smallest absolute Gasteiger partial charge is 0.241 e. The fourth-order valence-corrected chi connectivity index (χ4v) is 7.57. The topological polar surface area (TPSA) is 113 Å². The van der Waals surface area contributed by atoms with E-state index in [1.54, 1.807) is 37.4 Å². The Kier molecular flexibility index (Phi) is 8.87. The van der Waals surface area contributed by atoms with E-state index in [0.29, 0.717) is 5.56 Å². The molecule has 0 radical (unpaired) electrons. The van der Waals surface area contributed by atoms with Gasteiger partial charge in [-0.15, -0.1) is 0 Å². The lowest BCUT2D eigenvalue weighted by Crippen LogP contribution is -2.59. The number of methoxy groups -OCH3 is 1. The highest BCUT2D eigenvalue weighted by molar-refractivity contribution is 7.89. The minimum absolute atomic E-state index is 0.0911. The molecule has 1 saturated carbocycles. The molecule has 0 aliphatic heterocycles. The molecule has 9 heteroatoms. The van der Waals surface area contributed by atoms with Crippen molar-refractivity contribution in [3.63, 3.8) is 0 Å². The average Bonchev–Trinajstić information content (AvgIpc) is 3.39. The van der Waals surface area contributed by atoms with Crippen LogP contribution in [0, 0.1) is 5.92 Å². The number of hydrogen-bond acceptors (Lipinski definition) is 5. The highest BCUT2D eigenvalue weighted by Crippen LogP contribution is 2.35. The number of nitrogens with one attached hydrogen (secondary N) is 3. The molecule has 1 aliphatic carbocycles. The Balaban J connectivity index is 1.53. The van der Waals surface area contributed by atoms with Gasteiger partial charge in [-0.25, -0.2) is 8.42 Å². The van der Waals surface area contributed by atoms with Crippen molar-refractivity contribution in [2.75, 3.05) is 7.11 Å². The van der Waals surface area contributed by atoms with Crippen molar-refractivity contribution in [3.05, 3.63) is 95.9 Å². The van der Waals surface area contributed by atoms with E-state index in [2.05, 4.69) is 20.0 Å². The van der Waals surface area contributed by atoms with Gasteiger partial charge in [-0.2, -0.15) is 4.72 Å². The second-order valence-electron chi connectivity index (χ2n) is 11.1. The highest BCUT2D eigenvalue weighted by Gasteiger charge is 2.41. The predicted molar refractivity (Wildman–Crippen MR) is 160 cm³/mol. The van der Waals surface area contributed by atoms with Gasteiger partial charge in [0, 0.05) is 36.8 Å². The van der Waals surface area contributed by atoms with Gasteiger partial charge in [-0.3, -0.25) is 9.78 Å². The Morgan fingerprint density at radius 2 is 1.76 bits per heavy atom. The molecule has 2 unspecified atom stereocenters. The summed E-state index contributed by atoms with van der Waals surface area (Å²) in [4.78, 5) is 22.3. The van der Waals surface area contributed by atoms with Crippen LogP contribution in [-0.2, 0) is 32.6 Å². The number of H-pyrrole nitrogens is 1. The number of benzene rings is 2. The van der Waals surface area contributed by atoms with Crippen LogP contribution >= 0.6 is 0 Å². The number of sulfonamides is 1. The molecule has 4 aromatic rings. The van der Waals surface area contributed by atoms with Gasteiger partial charge < -0.3 is 15.0 Å². The number of carbonyl (C=O) groups is 1. The molecule has 1 fully saturated rings. The Hall–Kier alpha value is -3.53. The van der Waals surface area contributed by atoms with Crippen LogP contribution in [0.4, 0.5) is 0 Å². The number of ether oxygens (including phenoxy) is 1. The maximum Gasteiger partial charge on any atom is 0.241 e. The summed E-state index contributed by atoms with van der Waals surface area (Å²) >= 11 is 0. The number of fused-ring (bicyclic) bond motifs is 1. The molecule has 216 valence electrons. The van der Waals surface area contributed by atoms with Gasteiger partial charge >= 0.3 is 0 Å². The molecule has 2 aromatic heterocycles. The zero-order valence-electron chi connectivity index (χ0n) is 23.6. The molecule has 2 aromatic carbocycles. The largest absolute Gasteiger partial charge is 0.380 e. The minimum atomic E-state index is -4.11. The van der Waals surface area contributed by atoms with E-state index in [1.165, 1.54) is 13.5 Å². The summed E-state index contributed by atoms with van der Waals surface area (Å²) in [6, 6.07) is 19.9. The Morgan fingerprint density at radius 3 is 2.51 bits per heavy atom. The van der Waals surface area contributed by atoms with E-state index < -0.39 is 21.5 Å². The van der Waals surface area contributed by atoms with Crippen LogP contribution in [0.5, 0.6) is 0 Å². The summed E-state index contributed by atoms with van der Waals surface area (Å²) in [6.07, 6.45) is 9.07. The number of aromatic nitrogens is 2. The lowest BCUT2D eigenvalue weighted by atomic mass is 9.82. The number of pyridine rings is 1. The summed E-state index contributed by atoms with van der Waals surface area (Å²) in [7, 11) is -2.59. The van der Waals surface area contributed by atoms with Crippen LogP contribution < -0.4 is 10.0 Å². The van der Waals surface area contributed by atoms with Crippen LogP contribution in [0.2, 0.25) is 0 Å². The number of nitrogens with zero attached hydrogens (tertiary/aromatic N) is 1. The third-order valence-corrected chi connectivity index (χ3v) is 9.75. The molecule has 2 heterocycles.